The molecule has 0 aliphatic carbocycles. The zero-order valence-electron chi connectivity index (χ0n) is 16.8. The van der Waals surface area contributed by atoms with Crippen LogP contribution in [0.5, 0.6) is 0 Å². The molecule has 1 aliphatic heterocycles. The van der Waals surface area contributed by atoms with Crippen LogP contribution in [-0.4, -0.2) is 36.8 Å². The van der Waals surface area contributed by atoms with Gasteiger partial charge in [-0.2, -0.15) is 0 Å². The first-order valence-electron chi connectivity index (χ1n) is 9.98. The van der Waals surface area contributed by atoms with Crippen molar-refractivity contribution in [2.24, 2.45) is 0 Å². The van der Waals surface area contributed by atoms with Crippen molar-refractivity contribution in [3.05, 3.63) is 89.9 Å². The molecule has 1 aliphatic rings. The van der Waals surface area contributed by atoms with Crippen LogP contribution in [0.25, 0.3) is 17.4 Å². The first-order valence-corrected chi connectivity index (χ1v) is 11.8. The van der Waals surface area contributed by atoms with Gasteiger partial charge in [-0.3, -0.25) is 4.79 Å². The highest BCUT2D eigenvalue weighted by molar-refractivity contribution is 7.91. The van der Waals surface area contributed by atoms with Crippen molar-refractivity contribution in [1.82, 2.24) is 4.90 Å². The fourth-order valence-corrected chi connectivity index (χ4v) is 5.37. The van der Waals surface area contributed by atoms with E-state index in [4.69, 9.17) is 4.42 Å². The number of halogens is 1. The highest BCUT2D eigenvalue weighted by Crippen LogP contribution is 2.26. The van der Waals surface area contributed by atoms with Gasteiger partial charge in [0.15, 0.2) is 9.84 Å². The molecule has 31 heavy (non-hydrogen) atoms. The van der Waals surface area contributed by atoms with E-state index in [9.17, 15) is 17.6 Å². The number of carbonyl (C=O) groups excluding carboxylic acids is 1. The van der Waals surface area contributed by atoms with E-state index in [2.05, 4.69) is 0 Å². The van der Waals surface area contributed by atoms with Gasteiger partial charge in [0, 0.05) is 17.7 Å². The maximum atomic E-state index is 13.2. The van der Waals surface area contributed by atoms with Gasteiger partial charge in [0.1, 0.15) is 17.3 Å². The Bertz CT molecular complexity index is 1180. The number of nitrogens with zero attached hydrogens (tertiary/aromatic N) is 1. The molecule has 0 N–H and O–H groups in total. The molecule has 160 valence electrons. The van der Waals surface area contributed by atoms with E-state index >= 15 is 0 Å². The zero-order valence-corrected chi connectivity index (χ0v) is 17.6. The second kappa shape index (κ2) is 8.89. The van der Waals surface area contributed by atoms with Crippen molar-refractivity contribution < 1.29 is 22.0 Å². The number of hydrogen-bond donors (Lipinski definition) is 0. The normalized spacial score (nSPS) is 17.8. The number of hydrogen-bond acceptors (Lipinski definition) is 4. The topological polar surface area (TPSA) is 67.6 Å². The van der Waals surface area contributed by atoms with Crippen LogP contribution in [0.4, 0.5) is 4.39 Å². The molecule has 1 aromatic heterocycles. The average molecular weight is 440 g/mol. The fraction of sp³-hybridized carbons (Fsp3) is 0.208. The summed E-state index contributed by atoms with van der Waals surface area (Å²) >= 11 is 0. The summed E-state index contributed by atoms with van der Waals surface area (Å²) < 4.78 is 43.1. The van der Waals surface area contributed by atoms with Crippen molar-refractivity contribution in [1.29, 1.82) is 0 Å². The SMILES string of the molecule is O=C(/C=C/c1ccccc1)N(Cc1ccc(-c2ccc(F)cc2)o1)C1CCS(=O)(=O)C1. The molecule has 3 aromatic rings. The summed E-state index contributed by atoms with van der Waals surface area (Å²) in [6.45, 7) is 0.152. The number of furan rings is 1. The van der Waals surface area contributed by atoms with Crippen molar-refractivity contribution >= 4 is 21.8 Å². The van der Waals surface area contributed by atoms with Crippen LogP contribution < -0.4 is 0 Å². The molecule has 2 heterocycles. The van der Waals surface area contributed by atoms with E-state index in [-0.39, 0.29) is 29.8 Å². The summed E-state index contributed by atoms with van der Waals surface area (Å²) in [7, 11) is -3.16. The predicted octanol–water partition coefficient (Wildman–Crippen LogP) is 4.31. The van der Waals surface area contributed by atoms with Crippen molar-refractivity contribution in [3.8, 4) is 11.3 Å². The number of carbonyl (C=O) groups is 1. The zero-order chi connectivity index (χ0) is 21.8. The van der Waals surface area contributed by atoms with Crippen LogP contribution in [-0.2, 0) is 21.2 Å². The van der Waals surface area contributed by atoms with Gasteiger partial charge in [-0.1, -0.05) is 30.3 Å². The van der Waals surface area contributed by atoms with E-state index in [1.165, 1.54) is 18.2 Å². The Balaban J connectivity index is 1.55. The number of sulfone groups is 1. The molecule has 7 heteroatoms. The lowest BCUT2D eigenvalue weighted by Crippen LogP contribution is -2.39. The monoisotopic (exact) mass is 439 g/mol. The highest BCUT2D eigenvalue weighted by atomic mass is 32.2. The number of benzene rings is 2. The van der Waals surface area contributed by atoms with Crippen LogP contribution in [0.3, 0.4) is 0 Å². The molecule has 1 amide bonds. The summed E-state index contributed by atoms with van der Waals surface area (Å²) in [6.07, 6.45) is 3.58. The van der Waals surface area contributed by atoms with E-state index in [1.54, 1.807) is 35.2 Å². The molecule has 0 spiro atoms. The lowest BCUT2D eigenvalue weighted by atomic mass is 10.1. The van der Waals surface area contributed by atoms with Gasteiger partial charge in [0.25, 0.3) is 0 Å². The third kappa shape index (κ3) is 5.30. The minimum absolute atomic E-state index is 0.0521. The summed E-state index contributed by atoms with van der Waals surface area (Å²) in [5.41, 5.74) is 1.60. The minimum Gasteiger partial charge on any atom is -0.459 e. The molecule has 0 radical (unpaired) electrons. The highest BCUT2D eigenvalue weighted by Gasteiger charge is 2.34. The standard InChI is InChI=1S/C24H22FNO4S/c25-20-9-7-19(8-10-20)23-12-11-22(30-23)16-26(21-14-15-31(28,29)17-21)24(27)13-6-18-4-2-1-3-5-18/h1-13,21H,14-17H2/b13-6+. The van der Waals surface area contributed by atoms with E-state index in [0.29, 0.717) is 17.9 Å². The van der Waals surface area contributed by atoms with E-state index in [0.717, 1.165) is 11.1 Å². The largest absolute Gasteiger partial charge is 0.459 e. The van der Waals surface area contributed by atoms with E-state index < -0.39 is 15.9 Å². The van der Waals surface area contributed by atoms with Gasteiger partial charge in [-0.05, 0) is 54.5 Å². The lowest BCUT2D eigenvalue weighted by molar-refractivity contribution is -0.128. The molecule has 1 saturated heterocycles. The molecule has 4 rings (SSSR count). The smallest absolute Gasteiger partial charge is 0.247 e. The summed E-state index contributed by atoms with van der Waals surface area (Å²) in [5, 5.41) is 0. The second-order valence-electron chi connectivity index (χ2n) is 7.54. The van der Waals surface area contributed by atoms with Crippen molar-refractivity contribution in [3.63, 3.8) is 0 Å². The van der Waals surface area contributed by atoms with Gasteiger partial charge >= 0.3 is 0 Å². The first kappa shape index (κ1) is 21.1. The van der Waals surface area contributed by atoms with Gasteiger partial charge < -0.3 is 9.32 Å². The van der Waals surface area contributed by atoms with Crippen LogP contribution in [0.1, 0.15) is 17.7 Å². The second-order valence-corrected chi connectivity index (χ2v) is 9.77. The molecule has 0 saturated carbocycles. The molecule has 0 bridgehead atoms. The van der Waals surface area contributed by atoms with Crippen LogP contribution in [0, 0.1) is 5.82 Å². The van der Waals surface area contributed by atoms with Crippen LogP contribution in [0.15, 0.2) is 77.2 Å². The fourth-order valence-electron chi connectivity index (χ4n) is 3.64. The first-order chi connectivity index (χ1) is 14.9. The molecule has 1 fully saturated rings. The van der Waals surface area contributed by atoms with Gasteiger partial charge in [0.05, 0.1) is 18.1 Å². The Labute approximate surface area is 180 Å². The molecular weight excluding hydrogens is 417 g/mol. The Morgan fingerprint density at radius 3 is 2.48 bits per heavy atom. The average Bonchev–Trinajstić information content (AvgIpc) is 3.37. The molecular formula is C24H22FNO4S. The van der Waals surface area contributed by atoms with Gasteiger partial charge in [-0.25, -0.2) is 12.8 Å². The van der Waals surface area contributed by atoms with E-state index in [1.807, 2.05) is 30.3 Å². The minimum atomic E-state index is -3.16. The summed E-state index contributed by atoms with van der Waals surface area (Å²) in [4.78, 5) is 14.5. The predicted molar refractivity (Wildman–Crippen MR) is 117 cm³/mol. The number of rotatable bonds is 6. The van der Waals surface area contributed by atoms with Crippen molar-refractivity contribution in [2.45, 2.75) is 19.0 Å². The van der Waals surface area contributed by atoms with Crippen LogP contribution >= 0.6 is 0 Å². The molecule has 5 nitrogen and oxygen atoms in total. The summed E-state index contributed by atoms with van der Waals surface area (Å²) in [6, 6.07) is 18.5. The Morgan fingerprint density at radius 2 is 1.81 bits per heavy atom. The maximum Gasteiger partial charge on any atom is 0.247 e. The van der Waals surface area contributed by atoms with Gasteiger partial charge in [-0.15, -0.1) is 0 Å². The molecule has 2 aromatic carbocycles. The Hall–Kier alpha value is -3.19. The van der Waals surface area contributed by atoms with Gasteiger partial charge in [0.2, 0.25) is 5.91 Å². The Morgan fingerprint density at radius 1 is 1.06 bits per heavy atom. The third-order valence-corrected chi connectivity index (χ3v) is 7.02. The third-order valence-electron chi connectivity index (χ3n) is 5.27. The maximum absolute atomic E-state index is 13.2. The van der Waals surface area contributed by atoms with Crippen molar-refractivity contribution in [2.75, 3.05) is 11.5 Å². The summed E-state index contributed by atoms with van der Waals surface area (Å²) in [5.74, 6) is 0.503. The Kier molecular flexibility index (Phi) is 6.04. The molecule has 1 atom stereocenters. The van der Waals surface area contributed by atoms with Crippen LogP contribution in [0.2, 0.25) is 0 Å². The number of amides is 1. The quantitative estimate of drug-likeness (QED) is 0.537. The lowest BCUT2D eigenvalue weighted by Gasteiger charge is -2.26. The molecule has 1 unspecified atom stereocenters.